The van der Waals surface area contributed by atoms with Gasteiger partial charge in [-0.2, -0.15) is 9.49 Å². The molecule has 6 aromatic heterocycles. The largest absolute Gasteiger partial charge is 0.506 e. The second kappa shape index (κ2) is 6.71. The molecule has 0 unspecified atom stereocenters. The Bertz CT molecular complexity index is 1580. The number of pyridine rings is 3. The standard InChI is InChI=1S/C22H13FN6OS/c23-20-4-3-19(31-20)14-9-25-10-18-13(14)6-17(26-18)22-21-16(28-29-22)2-1-15(27-21)11-5-12(30)8-24-7-11/h1-10,26,30H,(H,28,29). The fourth-order valence-electron chi connectivity index (χ4n) is 3.65. The van der Waals surface area contributed by atoms with Crippen LogP contribution in [0.1, 0.15) is 0 Å². The minimum Gasteiger partial charge on any atom is -0.506 e. The second-order valence-electron chi connectivity index (χ2n) is 7.03. The Balaban J connectivity index is 1.51. The Morgan fingerprint density at radius 3 is 2.68 bits per heavy atom. The third-order valence-electron chi connectivity index (χ3n) is 5.07. The molecule has 6 aromatic rings. The van der Waals surface area contributed by atoms with E-state index in [1.54, 1.807) is 30.7 Å². The first kappa shape index (κ1) is 17.7. The normalized spacial score (nSPS) is 11.5. The zero-order valence-electron chi connectivity index (χ0n) is 15.8. The van der Waals surface area contributed by atoms with Gasteiger partial charge >= 0.3 is 0 Å². The lowest BCUT2D eigenvalue weighted by Crippen LogP contribution is -1.86. The highest BCUT2D eigenvalue weighted by Crippen LogP contribution is 2.36. The summed E-state index contributed by atoms with van der Waals surface area (Å²) in [7, 11) is 0. The van der Waals surface area contributed by atoms with Crippen molar-refractivity contribution in [2.45, 2.75) is 0 Å². The number of rotatable bonds is 3. The third kappa shape index (κ3) is 2.94. The van der Waals surface area contributed by atoms with E-state index in [-0.39, 0.29) is 10.9 Å². The Labute approximate surface area is 178 Å². The highest BCUT2D eigenvalue weighted by Gasteiger charge is 2.16. The smallest absolute Gasteiger partial charge is 0.176 e. The Morgan fingerprint density at radius 1 is 0.935 bits per heavy atom. The molecule has 0 spiro atoms. The number of fused-ring (bicyclic) bond motifs is 2. The Hall–Kier alpha value is -4.11. The van der Waals surface area contributed by atoms with Gasteiger partial charge in [-0.05, 0) is 36.4 Å². The van der Waals surface area contributed by atoms with Gasteiger partial charge in [-0.3, -0.25) is 15.1 Å². The van der Waals surface area contributed by atoms with Gasteiger partial charge in [0.1, 0.15) is 17.0 Å². The van der Waals surface area contributed by atoms with Gasteiger partial charge in [-0.15, -0.1) is 11.3 Å². The molecule has 0 bridgehead atoms. The summed E-state index contributed by atoms with van der Waals surface area (Å²) < 4.78 is 13.6. The van der Waals surface area contributed by atoms with Gasteiger partial charge in [0.15, 0.2) is 5.13 Å². The number of H-pyrrole nitrogens is 2. The molecule has 0 radical (unpaired) electrons. The van der Waals surface area contributed by atoms with E-state index >= 15 is 0 Å². The maximum atomic E-state index is 13.6. The van der Waals surface area contributed by atoms with E-state index in [1.165, 1.54) is 12.3 Å². The van der Waals surface area contributed by atoms with Gasteiger partial charge in [0.25, 0.3) is 0 Å². The van der Waals surface area contributed by atoms with Gasteiger partial charge in [0.2, 0.25) is 0 Å². The van der Waals surface area contributed by atoms with Crippen molar-refractivity contribution in [3.05, 3.63) is 66.3 Å². The van der Waals surface area contributed by atoms with Crippen LogP contribution >= 0.6 is 11.3 Å². The molecule has 6 heterocycles. The van der Waals surface area contributed by atoms with Crippen molar-refractivity contribution in [1.82, 2.24) is 30.1 Å². The highest BCUT2D eigenvalue weighted by molar-refractivity contribution is 7.14. The number of hydrogen-bond acceptors (Lipinski definition) is 6. The molecule has 0 saturated carbocycles. The monoisotopic (exact) mass is 428 g/mol. The zero-order chi connectivity index (χ0) is 20.9. The number of aromatic amines is 2. The number of aromatic nitrogens is 6. The fourth-order valence-corrected chi connectivity index (χ4v) is 4.40. The molecule has 0 saturated heterocycles. The van der Waals surface area contributed by atoms with Crippen LogP contribution < -0.4 is 0 Å². The lowest BCUT2D eigenvalue weighted by Gasteiger charge is -2.01. The van der Waals surface area contributed by atoms with Crippen molar-refractivity contribution in [3.63, 3.8) is 0 Å². The molecule has 0 atom stereocenters. The molecule has 0 fully saturated rings. The van der Waals surface area contributed by atoms with Gasteiger partial charge in [-0.1, -0.05) is 0 Å². The molecular weight excluding hydrogens is 415 g/mol. The minimum atomic E-state index is -0.237. The molecule has 9 heteroatoms. The average Bonchev–Trinajstić information content (AvgIpc) is 3.50. The van der Waals surface area contributed by atoms with Crippen molar-refractivity contribution >= 4 is 33.3 Å². The molecule has 6 rings (SSSR count). The Kier molecular flexibility index (Phi) is 3.84. The van der Waals surface area contributed by atoms with Gasteiger partial charge in [-0.25, -0.2) is 4.98 Å². The van der Waals surface area contributed by atoms with Crippen LogP contribution in [0.3, 0.4) is 0 Å². The summed E-state index contributed by atoms with van der Waals surface area (Å²) in [6.07, 6.45) is 6.49. The van der Waals surface area contributed by atoms with Crippen LogP contribution in [0.5, 0.6) is 5.75 Å². The first-order valence-electron chi connectivity index (χ1n) is 9.38. The van der Waals surface area contributed by atoms with Crippen LogP contribution in [-0.2, 0) is 0 Å². The van der Waals surface area contributed by atoms with E-state index in [2.05, 4.69) is 25.1 Å². The lowest BCUT2D eigenvalue weighted by atomic mass is 10.1. The number of hydrogen-bond donors (Lipinski definition) is 3. The molecule has 3 N–H and O–H groups in total. The minimum absolute atomic E-state index is 0.0764. The molecule has 150 valence electrons. The summed E-state index contributed by atoms with van der Waals surface area (Å²) >= 11 is 1.08. The fraction of sp³-hybridized carbons (Fsp3) is 0. The predicted octanol–water partition coefficient (Wildman–Crippen LogP) is 5.14. The quantitative estimate of drug-likeness (QED) is 0.362. The Morgan fingerprint density at radius 2 is 1.84 bits per heavy atom. The maximum absolute atomic E-state index is 13.6. The first-order valence-corrected chi connectivity index (χ1v) is 10.2. The number of aromatic hydroxyl groups is 1. The summed E-state index contributed by atoms with van der Waals surface area (Å²) in [5.41, 5.74) is 5.95. The molecule has 7 nitrogen and oxygen atoms in total. The van der Waals surface area contributed by atoms with E-state index in [1.807, 2.05) is 18.2 Å². The van der Waals surface area contributed by atoms with Crippen LogP contribution in [0, 0.1) is 5.13 Å². The van der Waals surface area contributed by atoms with Crippen molar-refractivity contribution in [1.29, 1.82) is 0 Å². The summed E-state index contributed by atoms with van der Waals surface area (Å²) in [4.78, 5) is 17.2. The molecule has 0 amide bonds. The SMILES string of the molecule is Oc1cncc(-c2ccc3[nH]nc(-c4cc5c(-c6ccc(F)s6)cncc5[nH]4)c3n2)c1. The van der Waals surface area contributed by atoms with Crippen molar-refractivity contribution in [2.75, 3.05) is 0 Å². The van der Waals surface area contributed by atoms with Crippen LogP contribution in [-0.4, -0.2) is 35.2 Å². The summed E-state index contributed by atoms with van der Waals surface area (Å²) in [6.45, 7) is 0. The van der Waals surface area contributed by atoms with E-state index < -0.39 is 0 Å². The van der Waals surface area contributed by atoms with E-state index in [0.717, 1.165) is 43.9 Å². The summed E-state index contributed by atoms with van der Waals surface area (Å²) in [5, 5.41) is 17.9. The van der Waals surface area contributed by atoms with Gasteiger partial charge in [0, 0.05) is 33.8 Å². The molecule has 0 aliphatic heterocycles. The van der Waals surface area contributed by atoms with E-state index in [9.17, 15) is 9.50 Å². The molecular formula is C22H13FN6OS. The van der Waals surface area contributed by atoms with Crippen LogP contribution in [0.4, 0.5) is 4.39 Å². The third-order valence-corrected chi connectivity index (χ3v) is 5.97. The second-order valence-corrected chi connectivity index (χ2v) is 8.07. The number of thiophene rings is 1. The van der Waals surface area contributed by atoms with Crippen LogP contribution in [0.15, 0.2) is 61.2 Å². The average molecular weight is 428 g/mol. The molecule has 0 aromatic carbocycles. The maximum Gasteiger partial charge on any atom is 0.176 e. The van der Waals surface area contributed by atoms with Crippen molar-refractivity contribution < 1.29 is 9.50 Å². The molecule has 31 heavy (non-hydrogen) atoms. The number of nitrogens with one attached hydrogen (secondary N) is 2. The molecule has 0 aliphatic carbocycles. The topological polar surface area (TPSA) is 103 Å². The van der Waals surface area contributed by atoms with Gasteiger partial charge < -0.3 is 10.1 Å². The number of halogens is 1. The number of nitrogens with zero attached hydrogens (tertiary/aromatic N) is 4. The summed E-state index contributed by atoms with van der Waals surface area (Å²) in [6, 6.07) is 10.5. The summed E-state index contributed by atoms with van der Waals surface area (Å²) in [5.74, 6) is 0.0764. The lowest BCUT2D eigenvalue weighted by molar-refractivity contribution is 0.473. The van der Waals surface area contributed by atoms with Gasteiger partial charge in [0.05, 0.1) is 34.8 Å². The van der Waals surface area contributed by atoms with E-state index in [0.29, 0.717) is 22.5 Å². The van der Waals surface area contributed by atoms with Crippen molar-refractivity contribution in [3.8, 4) is 38.8 Å². The highest BCUT2D eigenvalue weighted by atomic mass is 32.1. The van der Waals surface area contributed by atoms with E-state index in [4.69, 9.17) is 4.98 Å². The van der Waals surface area contributed by atoms with Crippen LogP contribution in [0.25, 0.3) is 55.0 Å². The van der Waals surface area contributed by atoms with Crippen molar-refractivity contribution in [2.24, 2.45) is 0 Å². The zero-order valence-corrected chi connectivity index (χ0v) is 16.6. The molecule has 0 aliphatic rings. The predicted molar refractivity (Wildman–Crippen MR) is 117 cm³/mol. The first-order chi connectivity index (χ1) is 15.2. The van der Waals surface area contributed by atoms with Crippen LogP contribution in [0.2, 0.25) is 0 Å².